The number of hydrogen-bond donors (Lipinski definition) is 3. The highest BCUT2D eigenvalue weighted by Gasteiger charge is 2.15. The van der Waals surface area contributed by atoms with Crippen molar-refractivity contribution in [3.8, 4) is 17.1 Å². The van der Waals surface area contributed by atoms with Gasteiger partial charge in [0.1, 0.15) is 17.1 Å². The van der Waals surface area contributed by atoms with E-state index in [1.807, 2.05) is 0 Å². The topological polar surface area (TPSA) is 130 Å². The van der Waals surface area contributed by atoms with Crippen molar-refractivity contribution < 1.29 is 24.5 Å². The number of ether oxygens (including phenoxy) is 1. The SMILES string of the molecule is CCOc1ccc(C(=O)O)cc1-c1ncc(C(=O)O)c(=O)[nH]1. The molecule has 2 aromatic rings. The number of nitrogens with one attached hydrogen (secondary N) is 1. The first-order valence-electron chi connectivity index (χ1n) is 6.27. The van der Waals surface area contributed by atoms with Crippen molar-refractivity contribution in [2.45, 2.75) is 6.92 Å². The highest BCUT2D eigenvalue weighted by molar-refractivity contribution is 5.90. The summed E-state index contributed by atoms with van der Waals surface area (Å²) in [6.07, 6.45) is 0.916. The molecule has 2 rings (SSSR count). The number of H-pyrrole nitrogens is 1. The molecule has 0 amide bonds. The van der Waals surface area contributed by atoms with Gasteiger partial charge in [0.05, 0.1) is 17.7 Å². The Kier molecular flexibility index (Phi) is 4.21. The monoisotopic (exact) mass is 304 g/mol. The zero-order valence-corrected chi connectivity index (χ0v) is 11.5. The zero-order valence-electron chi connectivity index (χ0n) is 11.5. The van der Waals surface area contributed by atoms with E-state index < -0.39 is 23.1 Å². The van der Waals surface area contributed by atoms with Crippen LogP contribution >= 0.6 is 0 Å². The van der Waals surface area contributed by atoms with Gasteiger partial charge in [-0.05, 0) is 25.1 Å². The predicted molar refractivity (Wildman–Crippen MR) is 75.4 cm³/mol. The number of carboxylic acid groups (broad SMARTS) is 2. The highest BCUT2D eigenvalue weighted by Crippen LogP contribution is 2.28. The Morgan fingerprint density at radius 3 is 2.55 bits per heavy atom. The van der Waals surface area contributed by atoms with Crippen LogP contribution in [0, 0.1) is 0 Å². The second-order valence-electron chi connectivity index (χ2n) is 4.23. The molecular weight excluding hydrogens is 292 g/mol. The van der Waals surface area contributed by atoms with E-state index in [4.69, 9.17) is 14.9 Å². The lowest BCUT2D eigenvalue weighted by Crippen LogP contribution is -2.19. The number of benzene rings is 1. The van der Waals surface area contributed by atoms with Crippen LogP contribution in [0.1, 0.15) is 27.6 Å². The van der Waals surface area contributed by atoms with Gasteiger partial charge >= 0.3 is 11.9 Å². The van der Waals surface area contributed by atoms with Gasteiger partial charge in [-0.1, -0.05) is 0 Å². The summed E-state index contributed by atoms with van der Waals surface area (Å²) in [6, 6.07) is 4.11. The molecule has 0 fully saturated rings. The van der Waals surface area contributed by atoms with E-state index in [0.717, 1.165) is 6.20 Å². The van der Waals surface area contributed by atoms with E-state index in [9.17, 15) is 14.4 Å². The van der Waals surface area contributed by atoms with Crippen LogP contribution < -0.4 is 10.3 Å². The van der Waals surface area contributed by atoms with Gasteiger partial charge in [0.2, 0.25) is 0 Å². The average Bonchev–Trinajstić information content (AvgIpc) is 2.47. The van der Waals surface area contributed by atoms with Crippen molar-refractivity contribution in [2.24, 2.45) is 0 Å². The molecule has 114 valence electrons. The molecule has 1 aromatic carbocycles. The fraction of sp³-hybridized carbons (Fsp3) is 0.143. The number of nitrogens with zero attached hydrogens (tertiary/aromatic N) is 1. The summed E-state index contributed by atoms with van der Waals surface area (Å²) < 4.78 is 5.37. The Bertz CT molecular complexity index is 796. The van der Waals surface area contributed by atoms with Crippen LogP contribution in [-0.2, 0) is 0 Å². The molecule has 8 nitrogen and oxygen atoms in total. The zero-order chi connectivity index (χ0) is 16.3. The molecule has 1 heterocycles. The average molecular weight is 304 g/mol. The minimum absolute atomic E-state index is 0.0107. The molecule has 0 aliphatic rings. The third kappa shape index (κ3) is 2.95. The van der Waals surface area contributed by atoms with E-state index in [2.05, 4.69) is 9.97 Å². The molecule has 22 heavy (non-hydrogen) atoms. The van der Waals surface area contributed by atoms with Gasteiger partial charge in [-0.3, -0.25) is 4.79 Å². The summed E-state index contributed by atoms with van der Waals surface area (Å²) in [5.74, 6) is -2.18. The van der Waals surface area contributed by atoms with E-state index in [1.54, 1.807) is 6.92 Å². The Morgan fingerprint density at radius 2 is 2.00 bits per heavy atom. The number of aromatic amines is 1. The molecule has 0 bridgehead atoms. The number of aromatic carboxylic acids is 2. The second kappa shape index (κ2) is 6.08. The molecule has 0 aliphatic carbocycles. The fourth-order valence-corrected chi connectivity index (χ4v) is 1.81. The predicted octanol–water partition coefficient (Wildman–Crippen LogP) is 1.23. The molecule has 3 N–H and O–H groups in total. The first-order valence-corrected chi connectivity index (χ1v) is 6.27. The van der Waals surface area contributed by atoms with Crippen molar-refractivity contribution in [3.05, 3.63) is 45.9 Å². The van der Waals surface area contributed by atoms with Gasteiger partial charge in [0.25, 0.3) is 5.56 Å². The molecule has 0 radical (unpaired) electrons. The van der Waals surface area contributed by atoms with Gasteiger partial charge in [-0.15, -0.1) is 0 Å². The summed E-state index contributed by atoms with van der Waals surface area (Å²) in [7, 11) is 0. The standard InChI is InChI=1S/C14H12N2O6/c1-2-22-10-4-3-7(13(18)19)5-8(10)11-15-6-9(14(20)21)12(17)16-11/h3-6H,2H2,1H3,(H,18,19)(H,20,21)(H,15,16,17). The summed E-state index contributed by atoms with van der Waals surface area (Å²) in [4.78, 5) is 39.8. The van der Waals surface area contributed by atoms with Crippen molar-refractivity contribution in [1.29, 1.82) is 0 Å². The highest BCUT2D eigenvalue weighted by atomic mass is 16.5. The van der Waals surface area contributed by atoms with E-state index in [0.29, 0.717) is 12.4 Å². The van der Waals surface area contributed by atoms with Crippen LogP contribution in [0.25, 0.3) is 11.4 Å². The molecule has 8 heteroatoms. The van der Waals surface area contributed by atoms with Gasteiger partial charge in [0.15, 0.2) is 0 Å². The Labute approximate surface area is 124 Å². The van der Waals surface area contributed by atoms with Crippen molar-refractivity contribution in [1.82, 2.24) is 9.97 Å². The molecule has 0 aliphatic heterocycles. The van der Waals surface area contributed by atoms with Crippen LogP contribution in [0.3, 0.4) is 0 Å². The van der Waals surface area contributed by atoms with Crippen LogP contribution in [0.5, 0.6) is 5.75 Å². The van der Waals surface area contributed by atoms with Crippen LogP contribution in [0.2, 0.25) is 0 Å². The number of carboxylic acids is 2. The Morgan fingerprint density at radius 1 is 1.27 bits per heavy atom. The van der Waals surface area contributed by atoms with Gasteiger partial charge in [-0.25, -0.2) is 14.6 Å². The third-order valence-corrected chi connectivity index (χ3v) is 2.81. The summed E-state index contributed by atoms with van der Waals surface area (Å²) in [5, 5.41) is 17.9. The van der Waals surface area contributed by atoms with Gasteiger partial charge < -0.3 is 19.9 Å². The first kappa shape index (κ1) is 15.2. The van der Waals surface area contributed by atoms with Crippen molar-refractivity contribution in [3.63, 3.8) is 0 Å². The Balaban J connectivity index is 2.61. The smallest absolute Gasteiger partial charge is 0.342 e. The number of carbonyl (C=O) groups is 2. The quantitative estimate of drug-likeness (QED) is 0.757. The molecule has 1 aromatic heterocycles. The first-order chi connectivity index (χ1) is 10.4. The number of rotatable bonds is 5. The van der Waals surface area contributed by atoms with Gasteiger partial charge in [0, 0.05) is 6.20 Å². The molecule has 0 unspecified atom stereocenters. The molecule has 0 saturated heterocycles. The lowest BCUT2D eigenvalue weighted by atomic mass is 10.1. The minimum Gasteiger partial charge on any atom is -0.493 e. The number of aromatic nitrogens is 2. The normalized spacial score (nSPS) is 10.2. The Hall–Kier alpha value is -3.16. The molecular formula is C14H12N2O6. The number of hydrogen-bond acceptors (Lipinski definition) is 5. The fourth-order valence-electron chi connectivity index (χ4n) is 1.81. The third-order valence-electron chi connectivity index (χ3n) is 2.81. The summed E-state index contributed by atoms with van der Waals surface area (Å²) >= 11 is 0. The van der Waals surface area contributed by atoms with E-state index >= 15 is 0 Å². The minimum atomic E-state index is -1.40. The maximum absolute atomic E-state index is 11.7. The molecule has 0 saturated carbocycles. The van der Waals surface area contributed by atoms with Crippen LogP contribution in [0.4, 0.5) is 0 Å². The van der Waals surface area contributed by atoms with E-state index in [1.165, 1.54) is 18.2 Å². The lowest BCUT2D eigenvalue weighted by molar-refractivity contribution is 0.0685. The molecule has 0 atom stereocenters. The van der Waals surface area contributed by atoms with Crippen molar-refractivity contribution >= 4 is 11.9 Å². The van der Waals surface area contributed by atoms with Crippen LogP contribution in [-0.4, -0.2) is 38.7 Å². The van der Waals surface area contributed by atoms with Gasteiger partial charge in [-0.2, -0.15) is 0 Å². The van der Waals surface area contributed by atoms with E-state index in [-0.39, 0.29) is 17.0 Å². The lowest BCUT2D eigenvalue weighted by Gasteiger charge is -2.10. The molecule has 0 spiro atoms. The second-order valence-corrected chi connectivity index (χ2v) is 4.23. The summed E-state index contributed by atoms with van der Waals surface area (Å²) in [5.41, 5.74) is -1.09. The van der Waals surface area contributed by atoms with Crippen molar-refractivity contribution in [2.75, 3.05) is 6.61 Å². The summed E-state index contributed by atoms with van der Waals surface area (Å²) in [6.45, 7) is 2.08. The maximum Gasteiger partial charge on any atom is 0.342 e. The maximum atomic E-state index is 11.7. The van der Waals surface area contributed by atoms with Crippen LogP contribution in [0.15, 0.2) is 29.2 Å². The largest absolute Gasteiger partial charge is 0.493 e.